The standard InChI is InChI=1S/C12H13BrO/c13-11-7-3-1-5-9(11)10-6-2-4-8-12(10)14/h1,3,5,7,10H,2,4,6,8H2. The third-order valence-corrected chi connectivity index (χ3v) is 3.56. The van der Waals surface area contributed by atoms with Crippen molar-refractivity contribution in [3.8, 4) is 0 Å². The van der Waals surface area contributed by atoms with Crippen molar-refractivity contribution in [2.75, 3.05) is 0 Å². The van der Waals surface area contributed by atoms with Crippen molar-refractivity contribution in [3.05, 3.63) is 34.3 Å². The summed E-state index contributed by atoms with van der Waals surface area (Å²) in [4.78, 5) is 11.7. The molecular weight excluding hydrogens is 240 g/mol. The van der Waals surface area contributed by atoms with E-state index >= 15 is 0 Å². The van der Waals surface area contributed by atoms with E-state index in [-0.39, 0.29) is 5.92 Å². The van der Waals surface area contributed by atoms with Crippen molar-refractivity contribution in [2.24, 2.45) is 0 Å². The molecule has 1 atom stereocenters. The molecule has 2 heteroatoms. The van der Waals surface area contributed by atoms with E-state index in [2.05, 4.69) is 22.0 Å². The minimum Gasteiger partial charge on any atom is -0.299 e. The monoisotopic (exact) mass is 252 g/mol. The molecule has 0 radical (unpaired) electrons. The molecule has 1 unspecified atom stereocenters. The van der Waals surface area contributed by atoms with Crippen LogP contribution in [0, 0.1) is 0 Å². The van der Waals surface area contributed by atoms with Crippen molar-refractivity contribution in [3.63, 3.8) is 0 Å². The Bertz CT molecular complexity index is 346. The third-order valence-electron chi connectivity index (χ3n) is 2.84. The van der Waals surface area contributed by atoms with Gasteiger partial charge in [0.25, 0.3) is 0 Å². The minimum absolute atomic E-state index is 0.138. The van der Waals surface area contributed by atoms with E-state index < -0.39 is 0 Å². The molecule has 0 N–H and O–H groups in total. The van der Waals surface area contributed by atoms with Crippen LogP contribution in [0.3, 0.4) is 0 Å². The summed E-state index contributed by atoms with van der Waals surface area (Å²) >= 11 is 3.51. The Morgan fingerprint density at radius 2 is 2.00 bits per heavy atom. The average Bonchev–Trinajstić information content (AvgIpc) is 2.20. The van der Waals surface area contributed by atoms with Crippen LogP contribution in [0.4, 0.5) is 0 Å². The third kappa shape index (κ3) is 1.90. The molecule has 1 nitrogen and oxygen atoms in total. The zero-order valence-corrected chi connectivity index (χ0v) is 9.59. The second-order valence-corrected chi connectivity index (χ2v) is 4.64. The fraction of sp³-hybridized carbons (Fsp3) is 0.417. The molecule has 1 aliphatic carbocycles. The molecule has 0 aliphatic heterocycles. The van der Waals surface area contributed by atoms with Gasteiger partial charge in [-0.15, -0.1) is 0 Å². The summed E-state index contributed by atoms with van der Waals surface area (Å²) in [5, 5.41) is 0. The van der Waals surface area contributed by atoms with Crippen molar-refractivity contribution >= 4 is 21.7 Å². The van der Waals surface area contributed by atoms with Crippen LogP contribution in [0.15, 0.2) is 28.7 Å². The first-order valence-corrected chi connectivity index (χ1v) is 5.85. The fourth-order valence-corrected chi connectivity index (χ4v) is 2.63. The first-order valence-electron chi connectivity index (χ1n) is 5.06. The van der Waals surface area contributed by atoms with Gasteiger partial charge >= 0.3 is 0 Å². The highest BCUT2D eigenvalue weighted by molar-refractivity contribution is 9.10. The molecule has 1 aliphatic rings. The van der Waals surface area contributed by atoms with Crippen molar-refractivity contribution in [1.82, 2.24) is 0 Å². The van der Waals surface area contributed by atoms with E-state index in [1.165, 1.54) is 6.42 Å². The Hall–Kier alpha value is -0.630. The highest BCUT2D eigenvalue weighted by Crippen LogP contribution is 2.33. The molecule has 1 aromatic rings. The van der Waals surface area contributed by atoms with Gasteiger partial charge in [-0.25, -0.2) is 0 Å². The summed E-state index contributed by atoms with van der Waals surface area (Å²) in [6, 6.07) is 8.05. The van der Waals surface area contributed by atoms with Crippen LogP contribution in [-0.4, -0.2) is 5.78 Å². The largest absolute Gasteiger partial charge is 0.299 e. The van der Waals surface area contributed by atoms with E-state index in [0.717, 1.165) is 29.3 Å². The molecule has 14 heavy (non-hydrogen) atoms. The average molecular weight is 253 g/mol. The Morgan fingerprint density at radius 3 is 2.71 bits per heavy atom. The number of rotatable bonds is 1. The van der Waals surface area contributed by atoms with E-state index in [4.69, 9.17) is 0 Å². The maximum atomic E-state index is 11.7. The van der Waals surface area contributed by atoms with Gasteiger partial charge < -0.3 is 0 Å². The molecule has 0 saturated heterocycles. The second kappa shape index (κ2) is 4.26. The molecule has 2 rings (SSSR count). The SMILES string of the molecule is O=C1CCCCC1c1ccccc1Br. The maximum Gasteiger partial charge on any atom is 0.140 e. The number of ketones is 1. The van der Waals surface area contributed by atoms with Crippen LogP contribution in [0.25, 0.3) is 0 Å². The van der Waals surface area contributed by atoms with E-state index in [9.17, 15) is 4.79 Å². The van der Waals surface area contributed by atoms with Gasteiger partial charge in [0, 0.05) is 16.8 Å². The lowest BCUT2D eigenvalue weighted by molar-refractivity contribution is -0.121. The topological polar surface area (TPSA) is 17.1 Å². The summed E-state index contributed by atoms with van der Waals surface area (Å²) < 4.78 is 1.07. The fourth-order valence-electron chi connectivity index (χ4n) is 2.07. The van der Waals surface area contributed by atoms with Gasteiger partial charge in [-0.2, -0.15) is 0 Å². The number of halogens is 1. The van der Waals surface area contributed by atoms with Gasteiger partial charge in [-0.1, -0.05) is 40.5 Å². The van der Waals surface area contributed by atoms with E-state index in [1.54, 1.807) is 0 Å². The predicted octanol–water partition coefficient (Wildman–Crippen LogP) is 3.68. The summed E-state index contributed by atoms with van der Waals surface area (Å²) in [6.07, 6.45) is 4.02. The van der Waals surface area contributed by atoms with Gasteiger partial charge in [0.15, 0.2) is 0 Å². The molecule has 1 aromatic carbocycles. The quantitative estimate of drug-likeness (QED) is 0.746. The summed E-state index contributed by atoms with van der Waals surface area (Å²) in [5.41, 5.74) is 1.16. The first-order chi connectivity index (χ1) is 6.79. The number of hydrogen-bond acceptors (Lipinski definition) is 1. The number of hydrogen-bond donors (Lipinski definition) is 0. The molecule has 0 spiro atoms. The van der Waals surface area contributed by atoms with Gasteiger partial charge in [-0.3, -0.25) is 4.79 Å². The van der Waals surface area contributed by atoms with Gasteiger partial charge in [-0.05, 0) is 24.5 Å². The highest BCUT2D eigenvalue weighted by atomic mass is 79.9. The smallest absolute Gasteiger partial charge is 0.140 e. The predicted molar refractivity (Wildman–Crippen MR) is 60.4 cm³/mol. The second-order valence-electron chi connectivity index (χ2n) is 3.79. The Kier molecular flexibility index (Phi) is 3.02. The highest BCUT2D eigenvalue weighted by Gasteiger charge is 2.24. The summed E-state index contributed by atoms with van der Waals surface area (Å²) in [6.45, 7) is 0. The number of carbonyl (C=O) groups excluding carboxylic acids is 1. The summed E-state index contributed by atoms with van der Waals surface area (Å²) in [5.74, 6) is 0.544. The van der Waals surface area contributed by atoms with Crippen LogP contribution < -0.4 is 0 Å². The lowest BCUT2D eigenvalue weighted by atomic mass is 9.83. The van der Waals surface area contributed by atoms with Crippen LogP contribution >= 0.6 is 15.9 Å². The first kappa shape index (κ1) is 9.91. The molecule has 0 bridgehead atoms. The number of carbonyl (C=O) groups is 1. The summed E-state index contributed by atoms with van der Waals surface area (Å²) in [7, 11) is 0. The van der Waals surface area contributed by atoms with Crippen molar-refractivity contribution in [1.29, 1.82) is 0 Å². The Balaban J connectivity index is 2.29. The molecule has 0 aromatic heterocycles. The number of benzene rings is 1. The Labute approximate surface area is 92.6 Å². The van der Waals surface area contributed by atoms with Gasteiger partial charge in [0.2, 0.25) is 0 Å². The van der Waals surface area contributed by atoms with Crippen LogP contribution in [0.1, 0.15) is 37.2 Å². The lowest BCUT2D eigenvalue weighted by Crippen LogP contribution is -2.17. The Morgan fingerprint density at radius 1 is 1.21 bits per heavy atom. The van der Waals surface area contributed by atoms with Crippen LogP contribution in [0.2, 0.25) is 0 Å². The molecule has 1 fully saturated rings. The lowest BCUT2D eigenvalue weighted by Gasteiger charge is -2.21. The number of Topliss-reactive ketones (excluding diaryl/α,β-unsaturated/α-hetero) is 1. The molecule has 74 valence electrons. The van der Waals surface area contributed by atoms with E-state index in [0.29, 0.717) is 5.78 Å². The molecule has 0 heterocycles. The van der Waals surface area contributed by atoms with Gasteiger partial charge in [0.05, 0.1) is 0 Å². The molecular formula is C12H13BrO. The van der Waals surface area contributed by atoms with Gasteiger partial charge in [0.1, 0.15) is 5.78 Å². The van der Waals surface area contributed by atoms with Crippen molar-refractivity contribution < 1.29 is 4.79 Å². The van der Waals surface area contributed by atoms with E-state index in [1.807, 2.05) is 18.2 Å². The maximum absolute atomic E-state index is 11.7. The normalized spacial score (nSPS) is 22.4. The van der Waals surface area contributed by atoms with Crippen LogP contribution in [-0.2, 0) is 4.79 Å². The zero-order chi connectivity index (χ0) is 9.97. The molecule has 0 amide bonds. The van der Waals surface area contributed by atoms with Crippen LogP contribution in [0.5, 0.6) is 0 Å². The van der Waals surface area contributed by atoms with Crippen molar-refractivity contribution in [2.45, 2.75) is 31.6 Å². The minimum atomic E-state index is 0.138. The molecule has 1 saturated carbocycles. The zero-order valence-electron chi connectivity index (χ0n) is 8.00.